The molecule has 20 heavy (non-hydrogen) atoms. The molecular weight excluding hydrogens is 281 g/mol. The van der Waals surface area contributed by atoms with E-state index in [0.717, 1.165) is 0 Å². The van der Waals surface area contributed by atoms with E-state index in [0.29, 0.717) is 16.9 Å². The molecule has 3 nitrogen and oxygen atoms in total. The molecule has 2 rings (SSSR count). The Balaban J connectivity index is 2.07. The number of carbonyl (C=O) groups is 1. The van der Waals surface area contributed by atoms with Gasteiger partial charge < -0.3 is 10.1 Å². The van der Waals surface area contributed by atoms with Gasteiger partial charge in [0.1, 0.15) is 11.6 Å². The van der Waals surface area contributed by atoms with Crippen molar-refractivity contribution in [2.24, 2.45) is 0 Å². The summed E-state index contributed by atoms with van der Waals surface area (Å²) in [5, 5.41) is 2.92. The number of hydrogen-bond acceptors (Lipinski definition) is 2. The Labute approximate surface area is 121 Å². The van der Waals surface area contributed by atoms with Crippen LogP contribution in [0.1, 0.15) is 15.9 Å². The fraction of sp³-hybridized carbons (Fsp3) is 0.133. The molecule has 0 saturated heterocycles. The Hall–Kier alpha value is -2.07. The molecule has 0 aliphatic carbocycles. The minimum absolute atomic E-state index is 0.105. The maximum atomic E-state index is 13.4. The fourth-order valence-corrected chi connectivity index (χ4v) is 1.98. The van der Waals surface area contributed by atoms with Gasteiger partial charge in [-0.15, -0.1) is 0 Å². The van der Waals surface area contributed by atoms with Crippen molar-refractivity contribution >= 4 is 17.5 Å². The smallest absolute Gasteiger partial charge is 0.253 e. The first kappa shape index (κ1) is 14.3. The number of benzene rings is 2. The molecule has 5 heteroatoms. The lowest BCUT2D eigenvalue weighted by Crippen LogP contribution is -2.23. The standard InChI is InChI=1S/C15H13ClFNO2/c1-20-11-6-7-12(13(16)8-11)15(19)18-9-10-4-2-3-5-14(10)17/h2-8H,9H2,1H3,(H,18,19). The summed E-state index contributed by atoms with van der Waals surface area (Å²) in [6.45, 7) is 0.105. The van der Waals surface area contributed by atoms with Gasteiger partial charge in [-0.05, 0) is 24.3 Å². The van der Waals surface area contributed by atoms with Crippen molar-refractivity contribution in [1.29, 1.82) is 0 Å². The molecule has 0 saturated carbocycles. The minimum Gasteiger partial charge on any atom is -0.497 e. The average molecular weight is 294 g/mol. The highest BCUT2D eigenvalue weighted by Crippen LogP contribution is 2.22. The van der Waals surface area contributed by atoms with Crippen LogP contribution in [0.25, 0.3) is 0 Å². The first-order chi connectivity index (χ1) is 9.61. The van der Waals surface area contributed by atoms with Gasteiger partial charge in [-0.2, -0.15) is 0 Å². The second kappa shape index (κ2) is 6.39. The molecule has 0 spiro atoms. The maximum absolute atomic E-state index is 13.4. The molecule has 0 aromatic heterocycles. The summed E-state index contributed by atoms with van der Waals surface area (Å²) in [5.41, 5.74) is 0.745. The van der Waals surface area contributed by atoms with Crippen LogP contribution < -0.4 is 10.1 Å². The molecule has 0 bridgehead atoms. The van der Waals surface area contributed by atoms with Gasteiger partial charge in [-0.1, -0.05) is 29.8 Å². The summed E-state index contributed by atoms with van der Waals surface area (Å²) >= 11 is 6.00. The molecule has 2 aromatic carbocycles. The Morgan fingerprint density at radius 3 is 2.70 bits per heavy atom. The highest BCUT2D eigenvalue weighted by molar-refractivity contribution is 6.34. The van der Waals surface area contributed by atoms with Crippen LogP contribution in [0.5, 0.6) is 5.75 Å². The quantitative estimate of drug-likeness (QED) is 0.938. The predicted molar refractivity (Wildman–Crippen MR) is 75.6 cm³/mol. The summed E-state index contributed by atoms with van der Waals surface area (Å²) in [6.07, 6.45) is 0. The first-order valence-electron chi connectivity index (χ1n) is 5.97. The largest absolute Gasteiger partial charge is 0.497 e. The molecule has 0 fully saturated rings. The number of ether oxygens (including phenoxy) is 1. The molecule has 0 heterocycles. The van der Waals surface area contributed by atoms with Crippen LogP contribution in [-0.4, -0.2) is 13.0 Å². The van der Waals surface area contributed by atoms with E-state index in [-0.39, 0.29) is 23.3 Å². The molecule has 1 amide bonds. The number of halogens is 2. The number of rotatable bonds is 4. The van der Waals surface area contributed by atoms with Gasteiger partial charge in [0.2, 0.25) is 0 Å². The van der Waals surface area contributed by atoms with Crippen molar-refractivity contribution in [3.63, 3.8) is 0 Å². The molecular formula is C15H13ClFNO2. The second-order valence-electron chi connectivity index (χ2n) is 4.12. The van der Waals surface area contributed by atoms with Crippen LogP contribution in [0, 0.1) is 5.82 Å². The van der Waals surface area contributed by atoms with E-state index in [1.807, 2.05) is 0 Å². The predicted octanol–water partition coefficient (Wildman–Crippen LogP) is 3.42. The van der Waals surface area contributed by atoms with E-state index in [2.05, 4.69) is 5.32 Å². The highest BCUT2D eigenvalue weighted by atomic mass is 35.5. The summed E-state index contributed by atoms with van der Waals surface area (Å²) in [5.74, 6) is -0.143. The van der Waals surface area contributed by atoms with Crippen molar-refractivity contribution in [3.05, 3.63) is 64.4 Å². The fourth-order valence-electron chi connectivity index (χ4n) is 1.72. The van der Waals surface area contributed by atoms with E-state index in [1.165, 1.54) is 13.2 Å². The van der Waals surface area contributed by atoms with Crippen LogP contribution in [0.2, 0.25) is 5.02 Å². The van der Waals surface area contributed by atoms with E-state index >= 15 is 0 Å². The van der Waals surface area contributed by atoms with E-state index in [9.17, 15) is 9.18 Å². The van der Waals surface area contributed by atoms with Crippen molar-refractivity contribution in [2.75, 3.05) is 7.11 Å². The van der Waals surface area contributed by atoms with Crippen LogP contribution in [-0.2, 0) is 6.54 Å². The third-order valence-electron chi connectivity index (χ3n) is 2.82. The van der Waals surface area contributed by atoms with Crippen molar-refractivity contribution in [2.45, 2.75) is 6.54 Å². The zero-order valence-corrected chi connectivity index (χ0v) is 11.6. The van der Waals surface area contributed by atoms with Crippen LogP contribution in [0.4, 0.5) is 4.39 Å². The first-order valence-corrected chi connectivity index (χ1v) is 6.34. The molecule has 2 aromatic rings. The van der Waals surface area contributed by atoms with E-state index in [4.69, 9.17) is 16.3 Å². The molecule has 0 unspecified atom stereocenters. The lowest BCUT2D eigenvalue weighted by atomic mass is 10.1. The van der Waals surface area contributed by atoms with Crippen molar-refractivity contribution in [1.82, 2.24) is 5.32 Å². The Bertz CT molecular complexity index is 631. The zero-order valence-electron chi connectivity index (χ0n) is 10.8. The lowest BCUT2D eigenvalue weighted by Gasteiger charge is -2.08. The van der Waals surface area contributed by atoms with Gasteiger partial charge in [0.05, 0.1) is 17.7 Å². The van der Waals surface area contributed by atoms with Crippen molar-refractivity contribution in [3.8, 4) is 5.75 Å². The lowest BCUT2D eigenvalue weighted by molar-refractivity contribution is 0.0950. The SMILES string of the molecule is COc1ccc(C(=O)NCc2ccccc2F)c(Cl)c1. The summed E-state index contributed by atoms with van der Waals surface area (Å²) in [7, 11) is 1.52. The number of nitrogens with one attached hydrogen (secondary N) is 1. The zero-order chi connectivity index (χ0) is 14.5. The van der Waals surface area contributed by atoms with Crippen LogP contribution >= 0.6 is 11.6 Å². The second-order valence-corrected chi connectivity index (χ2v) is 4.53. The third-order valence-corrected chi connectivity index (χ3v) is 3.13. The number of hydrogen-bond donors (Lipinski definition) is 1. The Morgan fingerprint density at radius 2 is 2.05 bits per heavy atom. The Morgan fingerprint density at radius 1 is 1.30 bits per heavy atom. The van der Waals surface area contributed by atoms with Crippen molar-refractivity contribution < 1.29 is 13.9 Å². The van der Waals surface area contributed by atoms with Gasteiger partial charge in [-0.25, -0.2) is 4.39 Å². The normalized spacial score (nSPS) is 10.2. The molecule has 0 atom stereocenters. The van der Waals surface area contributed by atoms with Gasteiger partial charge in [0, 0.05) is 12.1 Å². The highest BCUT2D eigenvalue weighted by Gasteiger charge is 2.11. The van der Waals surface area contributed by atoms with Gasteiger partial charge >= 0.3 is 0 Å². The maximum Gasteiger partial charge on any atom is 0.253 e. The topological polar surface area (TPSA) is 38.3 Å². The minimum atomic E-state index is -0.360. The van der Waals surface area contributed by atoms with E-state index in [1.54, 1.807) is 36.4 Å². The third kappa shape index (κ3) is 3.27. The van der Waals surface area contributed by atoms with Gasteiger partial charge in [-0.3, -0.25) is 4.79 Å². The van der Waals surface area contributed by atoms with Crippen LogP contribution in [0.15, 0.2) is 42.5 Å². The molecule has 0 radical (unpaired) electrons. The number of amides is 1. The van der Waals surface area contributed by atoms with E-state index < -0.39 is 0 Å². The molecule has 0 aliphatic heterocycles. The summed E-state index contributed by atoms with van der Waals surface area (Å²) < 4.78 is 18.4. The van der Waals surface area contributed by atoms with Gasteiger partial charge in [0.25, 0.3) is 5.91 Å². The van der Waals surface area contributed by atoms with Crippen LogP contribution in [0.3, 0.4) is 0 Å². The average Bonchev–Trinajstić information content (AvgIpc) is 2.46. The van der Waals surface area contributed by atoms with Gasteiger partial charge in [0.15, 0.2) is 0 Å². The summed E-state index contributed by atoms with van der Waals surface area (Å²) in [6, 6.07) is 11.0. The molecule has 0 aliphatic rings. The Kier molecular flexibility index (Phi) is 4.58. The number of carbonyl (C=O) groups excluding carboxylic acids is 1. The number of methoxy groups -OCH3 is 1. The molecule has 1 N–H and O–H groups in total. The summed E-state index contributed by atoms with van der Waals surface area (Å²) in [4.78, 5) is 12.0. The monoisotopic (exact) mass is 293 g/mol. The molecule has 104 valence electrons.